The standard InChI is InChI=1S/C21H28N4O2/c1-3-5-16-13-21(23-15(2)22-16)25-9-4-6-18(14-25)24-17-7-8-19-20(12-17)27-11-10-26-19/h7-8,12-13,18,24H,3-6,9-11,14H2,1-2H3/t18-/m0/s1. The largest absolute Gasteiger partial charge is 0.486 e. The third-order valence-corrected chi connectivity index (χ3v) is 5.04. The zero-order valence-corrected chi connectivity index (χ0v) is 16.2. The van der Waals surface area contributed by atoms with Crippen LogP contribution in [0.2, 0.25) is 0 Å². The number of fused-ring (bicyclic) bond motifs is 1. The average molecular weight is 368 g/mol. The van der Waals surface area contributed by atoms with Crippen molar-refractivity contribution >= 4 is 11.5 Å². The normalized spacial score (nSPS) is 19.0. The van der Waals surface area contributed by atoms with Crippen LogP contribution in [-0.2, 0) is 6.42 Å². The minimum Gasteiger partial charge on any atom is -0.486 e. The summed E-state index contributed by atoms with van der Waals surface area (Å²) in [6.45, 7) is 7.39. The maximum atomic E-state index is 5.70. The van der Waals surface area contributed by atoms with Crippen molar-refractivity contribution in [2.24, 2.45) is 0 Å². The summed E-state index contributed by atoms with van der Waals surface area (Å²) in [5.74, 6) is 3.57. The smallest absolute Gasteiger partial charge is 0.163 e. The Morgan fingerprint density at radius 2 is 2.00 bits per heavy atom. The summed E-state index contributed by atoms with van der Waals surface area (Å²) in [6.07, 6.45) is 4.40. The van der Waals surface area contributed by atoms with E-state index in [4.69, 9.17) is 9.47 Å². The minimum atomic E-state index is 0.381. The first-order valence-electron chi connectivity index (χ1n) is 9.97. The molecule has 0 radical (unpaired) electrons. The molecule has 4 rings (SSSR count). The molecule has 2 aliphatic heterocycles. The van der Waals surface area contributed by atoms with Crippen molar-refractivity contribution in [3.05, 3.63) is 35.8 Å². The van der Waals surface area contributed by atoms with Gasteiger partial charge in [0.2, 0.25) is 0 Å². The number of rotatable bonds is 5. The maximum absolute atomic E-state index is 5.70. The van der Waals surface area contributed by atoms with Crippen molar-refractivity contribution in [2.75, 3.05) is 36.5 Å². The second-order valence-corrected chi connectivity index (χ2v) is 7.30. The van der Waals surface area contributed by atoms with E-state index in [0.717, 1.165) is 73.3 Å². The Hall–Kier alpha value is -2.50. The minimum absolute atomic E-state index is 0.381. The molecule has 0 unspecified atom stereocenters. The van der Waals surface area contributed by atoms with Crippen LogP contribution in [0.1, 0.15) is 37.7 Å². The van der Waals surface area contributed by atoms with Crippen molar-refractivity contribution in [1.82, 2.24) is 9.97 Å². The van der Waals surface area contributed by atoms with Crippen LogP contribution in [-0.4, -0.2) is 42.3 Å². The lowest BCUT2D eigenvalue weighted by Crippen LogP contribution is -2.42. The van der Waals surface area contributed by atoms with E-state index in [1.54, 1.807) is 0 Å². The maximum Gasteiger partial charge on any atom is 0.163 e. The predicted molar refractivity (Wildman–Crippen MR) is 107 cm³/mol. The number of nitrogens with one attached hydrogen (secondary N) is 1. The van der Waals surface area contributed by atoms with E-state index >= 15 is 0 Å². The molecule has 1 saturated heterocycles. The molecule has 0 bridgehead atoms. The van der Waals surface area contributed by atoms with E-state index in [9.17, 15) is 0 Å². The molecule has 144 valence electrons. The predicted octanol–water partition coefficient (Wildman–Crippen LogP) is 3.59. The summed E-state index contributed by atoms with van der Waals surface area (Å²) in [7, 11) is 0. The molecule has 0 saturated carbocycles. The van der Waals surface area contributed by atoms with Crippen LogP contribution in [0.4, 0.5) is 11.5 Å². The topological polar surface area (TPSA) is 59.5 Å². The van der Waals surface area contributed by atoms with Crippen LogP contribution in [0.5, 0.6) is 11.5 Å². The Bertz CT molecular complexity index is 796. The quantitative estimate of drug-likeness (QED) is 0.870. The Morgan fingerprint density at radius 3 is 2.85 bits per heavy atom. The van der Waals surface area contributed by atoms with Crippen molar-refractivity contribution in [1.29, 1.82) is 0 Å². The number of anilines is 2. The summed E-state index contributed by atoms with van der Waals surface area (Å²) >= 11 is 0. The zero-order valence-electron chi connectivity index (χ0n) is 16.2. The summed E-state index contributed by atoms with van der Waals surface area (Å²) < 4.78 is 11.3. The first-order chi connectivity index (χ1) is 13.2. The number of benzene rings is 1. The van der Waals surface area contributed by atoms with E-state index in [-0.39, 0.29) is 0 Å². The van der Waals surface area contributed by atoms with E-state index < -0.39 is 0 Å². The number of hydrogen-bond acceptors (Lipinski definition) is 6. The van der Waals surface area contributed by atoms with Crippen LogP contribution in [0.3, 0.4) is 0 Å². The van der Waals surface area contributed by atoms with Crippen molar-refractivity contribution in [2.45, 2.75) is 45.6 Å². The molecule has 0 amide bonds. The van der Waals surface area contributed by atoms with Gasteiger partial charge in [0.15, 0.2) is 11.5 Å². The van der Waals surface area contributed by atoms with Gasteiger partial charge in [-0.3, -0.25) is 0 Å². The van der Waals surface area contributed by atoms with Crippen LogP contribution in [0, 0.1) is 6.92 Å². The second-order valence-electron chi connectivity index (χ2n) is 7.30. The van der Waals surface area contributed by atoms with Gasteiger partial charge in [0.25, 0.3) is 0 Å². The van der Waals surface area contributed by atoms with E-state index in [2.05, 4.69) is 39.2 Å². The lowest BCUT2D eigenvalue weighted by molar-refractivity contribution is 0.171. The highest BCUT2D eigenvalue weighted by molar-refractivity contribution is 5.56. The Labute approximate surface area is 160 Å². The number of piperidine rings is 1. The first kappa shape index (κ1) is 17.9. The monoisotopic (exact) mass is 368 g/mol. The number of aryl methyl sites for hydroxylation is 2. The summed E-state index contributed by atoms with van der Waals surface area (Å²) in [4.78, 5) is 11.6. The molecular formula is C21H28N4O2. The Kier molecular flexibility index (Phi) is 5.32. The highest BCUT2D eigenvalue weighted by Gasteiger charge is 2.22. The fourth-order valence-electron chi connectivity index (χ4n) is 3.83. The molecule has 3 heterocycles. The van der Waals surface area contributed by atoms with Gasteiger partial charge in [-0.15, -0.1) is 0 Å². The molecule has 1 fully saturated rings. The molecule has 6 heteroatoms. The number of ether oxygens (including phenoxy) is 2. The Morgan fingerprint density at radius 1 is 1.15 bits per heavy atom. The second kappa shape index (κ2) is 8.03. The van der Waals surface area contributed by atoms with E-state index in [1.165, 1.54) is 0 Å². The van der Waals surface area contributed by atoms with Gasteiger partial charge in [-0.2, -0.15) is 0 Å². The molecule has 2 aliphatic rings. The van der Waals surface area contributed by atoms with Crippen LogP contribution < -0.4 is 19.7 Å². The lowest BCUT2D eigenvalue weighted by atomic mass is 10.0. The Balaban J connectivity index is 1.45. The molecule has 27 heavy (non-hydrogen) atoms. The number of hydrogen-bond donors (Lipinski definition) is 1. The third-order valence-electron chi connectivity index (χ3n) is 5.04. The van der Waals surface area contributed by atoms with Gasteiger partial charge < -0.3 is 19.7 Å². The fraction of sp³-hybridized carbons (Fsp3) is 0.524. The molecule has 1 N–H and O–H groups in total. The fourth-order valence-corrected chi connectivity index (χ4v) is 3.83. The van der Waals surface area contributed by atoms with Crippen molar-refractivity contribution in [3.63, 3.8) is 0 Å². The van der Waals surface area contributed by atoms with Gasteiger partial charge in [0.05, 0.1) is 0 Å². The summed E-state index contributed by atoms with van der Waals surface area (Å²) in [5.41, 5.74) is 2.22. The van der Waals surface area contributed by atoms with E-state index in [1.807, 2.05) is 19.1 Å². The van der Waals surface area contributed by atoms with E-state index in [0.29, 0.717) is 19.3 Å². The van der Waals surface area contributed by atoms with Crippen molar-refractivity contribution < 1.29 is 9.47 Å². The van der Waals surface area contributed by atoms with Gasteiger partial charge >= 0.3 is 0 Å². The molecule has 1 atom stereocenters. The summed E-state index contributed by atoms with van der Waals surface area (Å²) in [5, 5.41) is 3.66. The van der Waals surface area contributed by atoms with Crippen LogP contribution in [0.15, 0.2) is 24.3 Å². The number of nitrogens with zero attached hydrogens (tertiary/aromatic N) is 3. The molecule has 1 aromatic carbocycles. The van der Waals surface area contributed by atoms with Gasteiger partial charge in [-0.25, -0.2) is 9.97 Å². The first-order valence-corrected chi connectivity index (χ1v) is 9.97. The molecular weight excluding hydrogens is 340 g/mol. The average Bonchev–Trinajstić information content (AvgIpc) is 2.68. The van der Waals surface area contributed by atoms with Crippen molar-refractivity contribution in [3.8, 4) is 11.5 Å². The molecule has 0 aliphatic carbocycles. The molecule has 1 aromatic heterocycles. The number of aromatic nitrogens is 2. The molecule has 2 aromatic rings. The van der Waals surface area contributed by atoms with Gasteiger partial charge in [0.1, 0.15) is 24.9 Å². The highest BCUT2D eigenvalue weighted by Crippen LogP contribution is 2.33. The van der Waals surface area contributed by atoms with Crippen LogP contribution >= 0.6 is 0 Å². The third kappa shape index (κ3) is 4.26. The highest BCUT2D eigenvalue weighted by atomic mass is 16.6. The van der Waals surface area contributed by atoms with Gasteiger partial charge in [0, 0.05) is 42.6 Å². The van der Waals surface area contributed by atoms with Gasteiger partial charge in [-0.05, 0) is 38.3 Å². The zero-order chi connectivity index (χ0) is 18.6. The lowest BCUT2D eigenvalue weighted by Gasteiger charge is -2.35. The van der Waals surface area contributed by atoms with Crippen LogP contribution in [0.25, 0.3) is 0 Å². The SMILES string of the molecule is CCCc1cc(N2CCC[C@H](Nc3ccc4c(c3)OCCO4)C2)nc(C)n1. The summed E-state index contributed by atoms with van der Waals surface area (Å²) in [6, 6.07) is 8.64. The molecule has 6 nitrogen and oxygen atoms in total. The molecule has 0 spiro atoms. The van der Waals surface area contributed by atoms with Gasteiger partial charge in [-0.1, -0.05) is 13.3 Å².